The van der Waals surface area contributed by atoms with Crippen LogP contribution in [-0.2, 0) is 27.3 Å². The highest BCUT2D eigenvalue weighted by Gasteiger charge is 2.35. The molecule has 0 unspecified atom stereocenters. The van der Waals surface area contributed by atoms with E-state index < -0.39 is 25.0 Å². The molecule has 0 atom stereocenters. The van der Waals surface area contributed by atoms with Crippen molar-refractivity contribution in [1.29, 1.82) is 0 Å². The Bertz CT molecular complexity index is 1480. The van der Waals surface area contributed by atoms with Crippen LogP contribution in [-0.4, -0.2) is 26.4 Å². The van der Waals surface area contributed by atoms with Gasteiger partial charge in [-0.2, -0.15) is 13.2 Å². The summed E-state index contributed by atoms with van der Waals surface area (Å²) in [5.74, 6) is 0.0125. The molecule has 4 rings (SSSR count). The average molecular weight is 561 g/mol. The summed E-state index contributed by atoms with van der Waals surface area (Å²) >= 11 is 0. The maximum atomic E-state index is 14.0. The molecule has 39 heavy (non-hydrogen) atoms. The molecule has 206 valence electrons. The number of phosphoric ester groups is 1. The fourth-order valence-electron chi connectivity index (χ4n) is 3.99. The summed E-state index contributed by atoms with van der Waals surface area (Å²) in [6, 6.07) is 20.9. The molecular formula is C28H28F3N2O5P. The maximum Gasteiger partial charge on any atom is 0.469 e. The number of aromatic amines is 1. The van der Waals surface area contributed by atoms with Crippen LogP contribution in [0.3, 0.4) is 0 Å². The van der Waals surface area contributed by atoms with E-state index in [0.717, 1.165) is 22.8 Å². The van der Waals surface area contributed by atoms with Crippen LogP contribution in [0.1, 0.15) is 36.5 Å². The summed E-state index contributed by atoms with van der Waals surface area (Å²) in [7, 11) is -4.70. The summed E-state index contributed by atoms with van der Waals surface area (Å²) in [5, 5.41) is 0. The van der Waals surface area contributed by atoms with E-state index in [9.17, 15) is 17.7 Å². The van der Waals surface area contributed by atoms with Crippen molar-refractivity contribution in [3.63, 3.8) is 0 Å². The second kappa shape index (κ2) is 11.0. The quantitative estimate of drug-likeness (QED) is 0.190. The second-order valence-corrected chi connectivity index (χ2v) is 11.0. The number of nitrogens with one attached hydrogen (secondary N) is 1. The molecule has 0 saturated carbocycles. The molecule has 7 nitrogen and oxygen atoms in total. The van der Waals surface area contributed by atoms with Crippen molar-refractivity contribution >= 4 is 7.82 Å². The van der Waals surface area contributed by atoms with E-state index in [1.165, 1.54) is 12.1 Å². The Morgan fingerprint density at radius 3 is 2.15 bits per heavy atom. The zero-order valence-electron chi connectivity index (χ0n) is 21.5. The van der Waals surface area contributed by atoms with Crippen LogP contribution >= 0.6 is 7.82 Å². The summed E-state index contributed by atoms with van der Waals surface area (Å²) in [5.41, 5.74) is 1.86. The first kappa shape index (κ1) is 28.6. The Balaban J connectivity index is 1.55. The molecule has 0 spiro atoms. The van der Waals surface area contributed by atoms with Crippen LogP contribution in [0.5, 0.6) is 5.75 Å². The number of aryl methyl sites for hydroxylation is 1. The number of aromatic nitrogens is 2. The van der Waals surface area contributed by atoms with Gasteiger partial charge in [-0.1, -0.05) is 68.4 Å². The Hall–Kier alpha value is -3.43. The molecule has 0 fully saturated rings. The third kappa shape index (κ3) is 7.16. The lowest BCUT2D eigenvalue weighted by atomic mass is 9.94. The summed E-state index contributed by atoms with van der Waals surface area (Å²) in [6.07, 6.45) is -4.67. The first-order chi connectivity index (χ1) is 18.2. The number of phosphoric acid groups is 1. The minimum atomic E-state index is -4.70. The molecule has 0 radical (unpaired) electrons. The van der Waals surface area contributed by atoms with Crippen LogP contribution in [0.15, 0.2) is 72.8 Å². The third-order valence-electron chi connectivity index (χ3n) is 6.13. The topological polar surface area (TPSA) is 105 Å². The molecule has 0 bridgehead atoms. The summed E-state index contributed by atoms with van der Waals surface area (Å²) < 4.78 is 63.4. The lowest BCUT2D eigenvalue weighted by Gasteiger charge is -2.22. The van der Waals surface area contributed by atoms with Crippen molar-refractivity contribution in [3.8, 4) is 28.1 Å². The minimum absolute atomic E-state index is 0.0448. The Morgan fingerprint density at radius 1 is 0.923 bits per heavy atom. The number of halogens is 3. The van der Waals surface area contributed by atoms with Crippen molar-refractivity contribution in [3.05, 3.63) is 95.4 Å². The number of rotatable bonds is 9. The van der Waals surface area contributed by atoms with Gasteiger partial charge in [0.15, 0.2) is 0 Å². The number of H-pyrrole nitrogens is 1. The summed E-state index contributed by atoms with van der Waals surface area (Å²) in [4.78, 5) is 25.5. The molecule has 4 aromatic rings. The fourth-order valence-corrected chi connectivity index (χ4v) is 4.48. The van der Waals surface area contributed by atoms with Gasteiger partial charge in [-0.3, -0.25) is 4.52 Å². The molecule has 1 heterocycles. The molecule has 3 N–H and O–H groups in total. The molecule has 0 aliphatic rings. The van der Waals surface area contributed by atoms with E-state index in [0.29, 0.717) is 11.5 Å². The lowest BCUT2D eigenvalue weighted by molar-refractivity contribution is -0.139. The molecule has 0 saturated heterocycles. The predicted molar refractivity (Wildman–Crippen MR) is 141 cm³/mol. The van der Waals surface area contributed by atoms with Gasteiger partial charge in [0.25, 0.3) is 0 Å². The predicted octanol–water partition coefficient (Wildman–Crippen LogP) is 7.04. The maximum absolute atomic E-state index is 14.0. The Kier molecular flexibility index (Phi) is 8.04. The molecule has 1 aromatic heterocycles. The highest BCUT2D eigenvalue weighted by molar-refractivity contribution is 7.46. The van der Waals surface area contributed by atoms with Crippen molar-refractivity contribution in [2.45, 2.75) is 39.0 Å². The van der Waals surface area contributed by atoms with Crippen molar-refractivity contribution < 1.29 is 36.8 Å². The molecule has 3 aromatic carbocycles. The van der Waals surface area contributed by atoms with Gasteiger partial charge in [0.1, 0.15) is 18.2 Å². The fraction of sp³-hybridized carbons (Fsp3) is 0.250. The largest absolute Gasteiger partial charge is 0.488 e. The third-order valence-corrected chi connectivity index (χ3v) is 6.60. The van der Waals surface area contributed by atoms with E-state index in [2.05, 4.69) is 14.5 Å². The lowest BCUT2D eigenvalue weighted by Crippen LogP contribution is -2.25. The van der Waals surface area contributed by atoms with Gasteiger partial charge in [0.2, 0.25) is 0 Å². The van der Waals surface area contributed by atoms with Crippen LogP contribution < -0.4 is 4.74 Å². The van der Waals surface area contributed by atoms with E-state index in [-0.39, 0.29) is 30.2 Å². The first-order valence-corrected chi connectivity index (χ1v) is 13.5. The smallest absolute Gasteiger partial charge is 0.469 e. The number of nitrogens with zero attached hydrogens (tertiary/aromatic N) is 1. The SMILES string of the molecule is Cc1[nH]c(C(C)(C)COP(=O)(O)O)nc1-c1ccc(OCc2ccc(-c3ccccc3)cc2)c(C(F)(F)F)c1. The number of ether oxygens (including phenoxy) is 1. The molecule has 11 heteroatoms. The Labute approximate surface area is 223 Å². The second-order valence-electron chi connectivity index (χ2n) is 9.77. The highest BCUT2D eigenvalue weighted by Crippen LogP contribution is 2.41. The molecular weight excluding hydrogens is 532 g/mol. The normalized spacial score (nSPS) is 12.5. The minimum Gasteiger partial charge on any atom is -0.488 e. The number of hydrogen-bond acceptors (Lipinski definition) is 4. The van der Waals surface area contributed by atoms with E-state index in [1.807, 2.05) is 54.6 Å². The van der Waals surface area contributed by atoms with Gasteiger partial charge in [0.05, 0.1) is 17.9 Å². The molecule has 0 aliphatic carbocycles. The van der Waals surface area contributed by atoms with Gasteiger partial charge in [-0.15, -0.1) is 0 Å². The first-order valence-electron chi connectivity index (χ1n) is 12.0. The number of imidazole rings is 1. The van der Waals surface area contributed by atoms with E-state index in [4.69, 9.17) is 14.5 Å². The monoisotopic (exact) mass is 560 g/mol. The molecule has 0 amide bonds. The van der Waals surface area contributed by atoms with Gasteiger partial charge in [-0.25, -0.2) is 9.55 Å². The van der Waals surface area contributed by atoms with Gasteiger partial charge < -0.3 is 19.5 Å². The average Bonchev–Trinajstić information content (AvgIpc) is 3.29. The number of hydrogen-bond donors (Lipinski definition) is 3. The number of alkyl halides is 3. The zero-order chi connectivity index (χ0) is 28.4. The zero-order valence-corrected chi connectivity index (χ0v) is 22.4. The van der Waals surface area contributed by atoms with Crippen LogP contribution in [0, 0.1) is 6.92 Å². The van der Waals surface area contributed by atoms with Crippen LogP contribution in [0.4, 0.5) is 13.2 Å². The van der Waals surface area contributed by atoms with E-state index >= 15 is 0 Å². The Morgan fingerprint density at radius 2 is 1.54 bits per heavy atom. The van der Waals surface area contributed by atoms with Gasteiger partial charge in [-0.05, 0) is 41.8 Å². The standard InChI is InChI=1S/C28H28F3N2O5P/c1-18-25(33-26(32-18)27(2,3)17-38-39(34,35)36)22-13-14-24(23(15-22)28(29,30)31)37-16-19-9-11-21(12-10-19)20-7-5-4-6-8-20/h4-15H,16-17H2,1-3H3,(H,32,33)(H2,34,35,36). The van der Waals surface area contributed by atoms with Crippen molar-refractivity contribution in [1.82, 2.24) is 9.97 Å². The molecule has 0 aliphatic heterocycles. The van der Waals surface area contributed by atoms with Crippen LogP contribution in [0.2, 0.25) is 0 Å². The summed E-state index contributed by atoms with van der Waals surface area (Å²) in [6.45, 7) is 4.56. The van der Waals surface area contributed by atoms with Crippen LogP contribution in [0.25, 0.3) is 22.4 Å². The van der Waals surface area contributed by atoms with Crippen molar-refractivity contribution in [2.24, 2.45) is 0 Å². The van der Waals surface area contributed by atoms with Crippen molar-refractivity contribution in [2.75, 3.05) is 6.61 Å². The van der Waals surface area contributed by atoms with Gasteiger partial charge in [0, 0.05) is 16.7 Å². The van der Waals surface area contributed by atoms with Gasteiger partial charge >= 0.3 is 14.0 Å². The highest BCUT2D eigenvalue weighted by atomic mass is 31.2. The number of benzene rings is 3. The van der Waals surface area contributed by atoms with E-state index in [1.54, 1.807) is 20.8 Å².